The van der Waals surface area contributed by atoms with Crippen molar-refractivity contribution >= 4 is 11.6 Å². The summed E-state index contributed by atoms with van der Waals surface area (Å²) in [7, 11) is 0. The van der Waals surface area contributed by atoms with Crippen LogP contribution in [0.25, 0.3) is 0 Å². The molecule has 0 amide bonds. The van der Waals surface area contributed by atoms with Crippen LogP contribution in [0.15, 0.2) is 33.9 Å². The summed E-state index contributed by atoms with van der Waals surface area (Å²) < 4.78 is 7.42. The van der Waals surface area contributed by atoms with E-state index in [9.17, 15) is 9.59 Å². The van der Waals surface area contributed by atoms with Crippen LogP contribution in [-0.4, -0.2) is 9.55 Å². The minimum atomic E-state index is -0.303. The molecule has 1 aromatic heterocycles. The molecule has 1 heterocycles. The van der Waals surface area contributed by atoms with E-state index in [-0.39, 0.29) is 23.4 Å². The normalized spacial score (nSPS) is 20.4. The topological polar surface area (TPSA) is 64.1 Å². The van der Waals surface area contributed by atoms with Crippen LogP contribution in [0.3, 0.4) is 0 Å². The molecular formula is C19H21ClN2O3. The second kappa shape index (κ2) is 6.71. The highest BCUT2D eigenvalue weighted by Gasteiger charge is 2.31. The standard InChI is InChI=1S/C19H21ClN2O3/c20-12-6-8-14(9-7-12)25-16-11-10-15-17(16)21-19(24)22(18(15)23)13-4-2-1-3-5-13/h6-9,13,16H,1-5,10-11H2,(H,21,24)/t16-/m0/s1. The molecule has 1 N–H and O–H groups in total. The zero-order valence-electron chi connectivity index (χ0n) is 14.0. The third-order valence-corrected chi connectivity index (χ3v) is 5.52. The predicted octanol–water partition coefficient (Wildman–Crippen LogP) is 3.76. The van der Waals surface area contributed by atoms with Crippen molar-refractivity contribution in [1.29, 1.82) is 0 Å². The summed E-state index contributed by atoms with van der Waals surface area (Å²) in [5.41, 5.74) is 0.899. The fourth-order valence-corrected chi connectivity index (χ4v) is 4.13. The van der Waals surface area contributed by atoms with Gasteiger partial charge in [0, 0.05) is 16.6 Å². The summed E-state index contributed by atoms with van der Waals surface area (Å²) in [6.45, 7) is 0. The second-order valence-corrected chi connectivity index (χ2v) is 7.32. The molecule has 0 saturated heterocycles. The smallest absolute Gasteiger partial charge is 0.328 e. The van der Waals surface area contributed by atoms with E-state index >= 15 is 0 Å². The highest BCUT2D eigenvalue weighted by molar-refractivity contribution is 6.30. The Bertz CT molecular complexity index is 879. The zero-order valence-corrected chi connectivity index (χ0v) is 14.7. The van der Waals surface area contributed by atoms with Crippen LogP contribution in [0.4, 0.5) is 0 Å². The molecule has 2 aromatic rings. The number of rotatable bonds is 3. The van der Waals surface area contributed by atoms with Gasteiger partial charge in [-0.1, -0.05) is 30.9 Å². The highest BCUT2D eigenvalue weighted by Crippen LogP contribution is 2.32. The molecule has 2 aliphatic rings. The lowest BCUT2D eigenvalue weighted by Crippen LogP contribution is -2.41. The van der Waals surface area contributed by atoms with Crippen molar-refractivity contribution in [3.05, 3.63) is 61.4 Å². The van der Waals surface area contributed by atoms with Crippen LogP contribution in [0.2, 0.25) is 5.02 Å². The fraction of sp³-hybridized carbons (Fsp3) is 0.474. The van der Waals surface area contributed by atoms with E-state index in [0.29, 0.717) is 34.9 Å². The Morgan fingerprint density at radius 1 is 1.04 bits per heavy atom. The average Bonchev–Trinajstić information content (AvgIpc) is 3.01. The van der Waals surface area contributed by atoms with Crippen molar-refractivity contribution in [2.24, 2.45) is 0 Å². The lowest BCUT2D eigenvalue weighted by molar-refractivity contribution is 0.202. The molecule has 0 aliphatic heterocycles. The van der Waals surface area contributed by atoms with Gasteiger partial charge in [-0.15, -0.1) is 0 Å². The zero-order chi connectivity index (χ0) is 17.4. The molecule has 25 heavy (non-hydrogen) atoms. The Morgan fingerprint density at radius 2 is 1.76 bits per heavy atom. The number of halogens is 1. The highest BCUT2D eigenvalue weighted by atomic mass is 35.5. The molecule has 1 aromatic carbocycles. The molecule has 5 nitrogen and oxygen atoms in total. The molecule has 1 saturated carbocycles. The lowest BCUT2D eigenvalue weighted by atomic mass is 9.95. The molecule has 1 atom stereocenters. The van der Waals surface area contributed by atoms with Gasteiger partial charge in [-0.3, -0.25) is 9.36 Å². The first-order valence-electron chi connectivity index (χ1n) is 8.93. The van der Waals surface area contributed by atoms with Gasteiger partial charge in [-0.05, 0) is 49.9 Å². The summed E-state index contributed by atoms with van der Waals surface area (Å²) in [5.74, 6) is 0.680. The molecule has 0 unspecified atom stereocenters. The van der Waals surface area contributed by atoms with E-state index in [0.717, 1.165) is 25.7 Å². The SMILES string of the molecule is O=c1[nH]c2c(c(=O)n1C1CCCCC1)CC[C@@H]2Oc1ccc(Cl)cc1. The summed E-state index contributed by atoms with van der Waals surface area (Å²) in [6.07, 6.45) is 6.20. The number of fused-ring (bicyclic) bond motifs is 1. The maximum atomic E-state index is 12.9. The summed E-state index contributed by atoms with van der Waals surface area (Å²) in [4.78, 5) is 28.4. The molecule has 6 heteroatoms. The van der Waals surface area contributed by atoms with E-state index < -0.39 is 0 Å². The number of nitrogens with one attached hydrogen (secondary N) is 1. The van der Waals surface area contributed by atoms with E-state index in [1.807, 2.05) is 0 Å². The number of aromatic nitrogens is 2. The van der Waals surface area contributed by atoms with Gasteiger partial charge in [-0.2, -0.15) is 0 Å². The molecule has 0 radical (unpaired) electrons. The summed E-state index contributed by atoms with van der Waals surface area (Å²) >= 11 is 5.90. The predicted molar refractivity (Wildman–Crippen MR) is 96.6 cm³/mol. The van der Waals surface area contributed by atoms with Gasteiger partial charge in [0.05, 0.1) is 5.69 Å². The maximum Gasteiger partial charge on any atom is 0.328 e. The molecule has 2 aliphatic carbocycles. The van der Waals surface area contributed by atoms with E-state index in [4.69, 9.17) is 16.3 Å². The van der Waals surface area contributed by atoms with E-state index in [1.54, 1.807) is 24.3 Å². The first kappa shape index (κ1) is 16.5. The van der Waals surface area contributed by atoms with Crippen LogP contribution in [0, 0.1) is 0 Å². The minimum absolute atomic E-state index is 0.0338. The number of aromatic amines is 1. The number of benzene rings is 1. The Morgan fingerprint density at radius 3 is 2.48 bits per heavy atom. The first-order valence-corrected chi connectivity index (χ1v) is 9.31. The van der Waals surface area contributed by atoms with E-state index in [1.165, 1.54) is 11.0 Å². The monoisotopic (exact) mass is 360 g/mol. The van der Waals surface area contributed by atoms with Gasteiger partial charge < -0.3 is 9.72 Å². The molecular weight excluding hydrogens is 340 g/mol. The van der Waals surface area contributed by atoms with Crippen LogP contribution < -0.4 is 16.0 Å². The molecule has 4 rings (SSSR count). The van der Waals surface area contributed by atoms with Gasteiger partial charge >= 0.3 is 5.69 Å². The Labute approximate surface area is 150 Å². The van der Waals surface area contributed by atoms with Gasteiger partial charge in [0.25, 0.3) is 5.56 Å². The minimum Gasteiger partial charge on any atom is -0.484 e. The molecule has 0 bridgehead atoms. The second-order valence-electron chi connectivity index (χ2n) is 6.89. The van der Waals surface area contributed by atoms with Crippen LogP contribution >= 0.6 is 11.6 Å². The van der Waals surface area contributed by atoms with Crippen molar-refractivity contribution in [2.75, 3.05) is 0 Å². The number of H-pyrrole nitrogens is 1. The fourth-order valence-electron chi connectivity index (χ4n) is 4.01. The lowest BCUT2D eigenvalue weighted by Gasteiger charge is -2.23. The van der Waals surface area contributed by atoms with Crippen LogP contribution in [0.1, 0.15) is 61.9 Å². The van der Waals surface area contributed by atoms with Crippen LogP contribution in [-0.2, 0) is 6.42 Å². The molecule has 0 spiro atoms. The quantitative estimate of drug-likeness (QED) is 0.906. The average molecular weight is 361 g/mol. The van der Waals surface area contributed by atoms with Crippen molar-refractivity contribution in [3.63, 3.8) is 0 Å². The first-order chi connectivity index (χ1) is 12.1. The molecule has 132 valence electrons. The van der Waals surface area contributed by atoms with Crippen molar-refractivity contribution < 1.29 is 4.74 Å². The van der Waals surface area contributed by atoms with Crippen molar-refractivity contribution in [1.82, 2.24) is 9.55 Å². The summed E-state index contributed by atoms with van der Waals surface area (Å²) in [5, 5.41) is 0.642. The Balaban J connectivity index is 1.65. The van der Waals surface area contributed by atoms with Gasteiger partial charge in [-0.25, -0.2) is 4.79 Å². The van der Waals surface area contributed by atoms with Gasteiger partial charge in [0.15, 0.2) is 0 Å². The number of hydrogen-bond donors (Lipinski definition) is 1. The van der Waals surface area contributed by atoms with E-state index in [2.05, 4.69) is 4.98 Å². The van der Waals surface area contributed by atoms with Gasteiger partial charge in [0.1, 0.15) is 11.9 Å². The van der Waals surface area contributed by atoms with Crippen molar-refractivity contribution in [2.45, 2.75) is 57.1 Å². The third-order valence-electron chi connectivity index (χ3n) is 5.27. The maximum absolute atomic E-state index is 12.9. The Kier molecular flexibility index (Phi) is 4.42. The summed E-state index contributed by atoms with van der Waals surface area (Å²) in [6, 6.07) is 7.14. The number of ether oxygens (including phenoxy) is 1. The largest absolute Gasteiger partial charge is 0.484 e. The number of hydrogen-bond acceptors (Lipinski definition) is 3. The third kappa shape index (κ3) is 3.13. The van der Waals surface area contributed by atoms with Gasteiger partial charge in [0.2, 0.25) is 0 Å². The number of nitrogens with zero attached hydrogens (tertiary/aromatic N) is 1. The molecule has 1 fully saturated rings. The van der Waals surface area contributed by atoms with Crippen LogP contribution in [0.5, 0.6) is 5.75 Å². The Hall–Kier alpha value is -2.01. The van der Waals surface area contributed by atoms with Crippen molar-refractivity contribution in [3.8, 4) is 5.75 Å².